The molecule has 4 rings (SSSR count). The molecule has 136 valence electrons. The Morgan fingerprint density at radius 1 is 1.08 bits per heavy atom. The number of nitrogens with one attached hydrogen (secondary N) is 2. The lowest BCUT2D eigenvalue weighted by atomic mass is 10.0. The summed E-state index contributed by atoms with van der Waals surface area (Å²) in [5, 5.41) is 5.52. The van der Waals surface area contributed by atoms with E-state index in [-0.39, 0.29) is 24.8 Å². The second-order valence-electron chi connectivity index (χ2n) is 6.92. The molecule has 0 saturated carbocycles. The number of hydrogen-bond acceptors (Lipinski definition) is 6. The van der Waals surface area contributed by atoms with E-state index in [0.717, 1.165) is 30.2 Å². The SMILES string of the molecule is C[C@@H]1CNCCN1c1ccc2c(c1)C(=O)N(C1CCC(=O)NC1=O)C2=O. The van der Waals surface area contributed by atoms with E-state index in [1.165, 1.54) is 0 Å². The number of rotatable bonds is 2. The van der Waals surface area contributed by atoms with Crippen molar-refractivity contribution in [1.82, 2.24) is 15.5 Å². The minimum absolute atomic E-state index is 0.118. The molecule has 2 N–H and O–H groups in total. The Bertz CT molecular complexity index is 821. The smallest absolute Gasteiger partial charge is 0.262 e. The molecule has 2 atom stereocenters. The Labute approximate surface area is 150 Å². The summed E-state index contributed by atoms with van der Waals surface area (Å²) in [5.74, 6) is -1.91. The van der Waals surface area contributed by atoms with Crippen molar-refractivity contribution in [3.63, 3.8) is 0 Å². The fourth-order valence-corrected chi connectivity index (χ4v) is 3.86. The van der Waals surface area contributed by atoms with Gasteiger partial charge in [0.2, 0.25) is 11.8 Å². The second kappa shape index (κ2) is 6.21. The summed E-state index contributed by atoms with van der Waals surface area (Å²) < 4.78 is 0. The number of benzene rings is 1. The first-order valence-electron chi connectivity index (χ1n) is 8.80. The highest BCUT2D eigenvalue weighted by Gasteiger charge is 2.44. The molecule has 3 aliphatic heterocycles. The third-order valence-corrected chi connectivity index (χ3v) is 5.26. The topological polar surface area (TPSA) is 98.8 Å². The van der Waals surface area contributed by atoms with E-state index in [2.05, 4.69) is 22.5 Å². The highest BCUT2D eigenvalue weighted by molar-refractivity contribution is 6.23. The molecule has 3 aliphatic rings. The van der Waals surface area contributed by atoms with Crippen molar-refractivity contribution in [2.24, 2.45) is 0 Å². The van der Waals surface area contributed by atoms with E-state index in [1.54, 1.807) is 12.1 Å². The zero-order chi connectivity index (χ0) is 18.4. The fraction of sp³-hybridized carbons (Fsp3) is 0.444. The normalized spacial score (nSPS) is 26.2. The van der Waals surface area contributed by atoms with Gasteiger partial charge in [-0.2, -0.15) is 0 Å². The van der Waals surface area contributed by atoms with Crippen molar-refractivity contribution >= 4 is 29.3 Å². The molecule has 2 fully saturated rings. The summed E-state index contributed by atoms with van der Waals surface area (Å²) >= 11 is 0. The number of anilines is 1. The molecule has 0 bridgehead atoms. The first-order valence-corrected chi connectivity index (χ1v) is 8.80. The largest absolute Gasteiger partial charge is 0.366 e. The quantitative estimate of drug-likeness (QED) is 0.717. The summed E-state index contributed by atoms with van der Waals surface area (Å²) in [4.78, 5) is 52.2. The third-order valence-electron chi connectivity index (χ3n) is 5.26. The molecule has 1 unspecified atom stereocenters. The Morgan fingerprint density at radius 2 is 1.85 bits per heavy atom. The van der Waals surface area contributed by atoms with Crippen LogP contribution in [0.2, 0.25) is 0 Å². The molecule has 0 spiro atoms. The summed E-state index contributed by atoms with van der Waals surface area (Å²) in [6.07, 6.45) is 0.283. The number of nitrogens with zero attached hydrogens (tertiary/aromatic N) is 2. The first kappa shape index (κ1) is 16.7. The van der Waals surface area contributed by atoms with E-state index in [4.69, 9.17) is 0 Å². The van der Waals surface area contributed by atoms with Crippen LogP contribution in [0.3, 0.4) is 0 Å². The summed E-state index contributed by atoms with van der Waals surface area (Å²) in [5.41, 5.74) is 1.53. The van der Waals surface area contributed by atoms with Crippen molar-refractivity contribution in [3.8, 4) is 0 Å². The number of imide groups is 2. The van der Waals surface area contributed by atoms with Gasteiger partial charge in [0.1, 0.15) is 6.04 Å². The van der Waals surface area contributed by atoms with Crippen molar-refractivity contribution in [1.29, 1.82) is 0 Å². The summed E-state index contributed by atoms with van der Waals surface area (Å²) in [6.45, 7) is 4.63. The molecule has 1 aromatic carbocycles. The van der Waals surface area contributed by atoms with Crippen LogP contribution in [0.15, 0.2) is 18.2 Å². The molecule has 2 saturated heterocycles. The van der Waals surface area contributed by atoms with Gasteiger partial charge in [-0.1, -0.05) is 0 Å². The van der Waals surface area contributed by atoms with Crippen LogP contribution in [0.1, 0.15) is 40.5 Å². The Morgan fingerprint density at radius 3 is 2.58 bits per heavy atom. The van der Waals surface area contributed by atoms with Crippen LogP contribution in [-0.2, 0) is 9.59 Å². The van der Waals surface area contributed by atoms with Crippen LogP contribution in [0.5, 0.6) is 0 Å². The molecular weight excluding hydrogens is 336 g/mol. The number of carbonyl (C=O) groups excluding carboxylic acids is 4. The van der Waals surface area contributed by atoms with Gasteiger partial charge in [0.25, 0.3) is 11.8 Å². The van der Waals surface area contributed by atoms with Gasteiger partial charge >= 0.3 is 0 Å². The van der Waals surface area contributed by atoms with Gasteiger partial charge < -0.3 is 10.2 Å². The highest BCUT2D eigenvalue weighted by atomic mass is 16.2. The fourth-order valence-electron chi connectivity index (χ4n) is 3.86. The number of piperazine rings is 1. The molecule has 1 aromatic rings. The van der Waals surface area contributed by atoms with Gasteiger partial charge in [-0.25, -0.2) is 0 Å². The molecular formula is C18H20N4O4. The van der Waals surface area contributed by atoms with Crippen molar-refractivity contribution in [3.05, 3.63) is 29.3 Å². The zero-order valence-corrected chi connectivity index (χ0v) is 14.4. The first-order chi connectivity index (χ1) is 12.5. The highest BCUT2D eigenvalue weighted by Crippen LogP contribution is 2.31. The van der Waals surface area contributed by atoms with Crippen molar-refractivity contribution in [2.45, 2.75) is 31.8 Å². The van der Waals surface area contributed by atoms with E-state index >= 15 is 0 Å². The lowest BCUT2D eigenvalue weighted by molar-refractivity contribution is -0.136. The number of hydrogen-bond donors (Lipinski definition) is 2. The maximum absolute atomic E-state index is 12.9. The van der Waals surface area contributed by atoms with Crippen LogP contribution < -0.4 is 15.5 Å². The van der Waals surface area contributed by atoms with E-state index < -0.39 is 23.8 Å². The van der Waals surface area contributed by atoms with Gasteiger partial charge in [0.05, 0.1) is 11.1 Å². The monoisotopic (exact) mass is 356 g/mol. The summed E-state index contributed by atoms with van der Waals surface area (Å²) in [7, 11) is 0. The molecule has 0 radical (unpaired) electrons. The number of amides is 4. The van der Waals surface area contributed by atoms with E-state index in [9.17, 15) is 19.2 Å². The van der Waals surface area contributed by atoms with Crippen LogP contribution in [0, 0.1) is 0 Å². The molecule has 0 aromatic heterocycles. The van der Waals surface area contributed by atoms with Crippen LogP contribution in [0.25, 0.3) is 0 Å². The number of carbonyl (C=O) groups is 4. The zero-order valence-electron chi connectivity index (χ0n) is 14.4. The minimum Gasteiger partial charge on any atom is -0.366 e. The maximum atomic E-state index is 12.9. The Hall–Kier alpha value is -2.74. The number of piperidine rings is 1. The van der Waals surface area contributed by atoms with Crippen molar-refractivity contribution in [2.75, 3.05) is 24.5 Å². The molecule has 26 heavy (non-hydrogen) atoms. The summed E-state index contributed by atoms with van der Waals surface area (Å²) in [6, 6.07) is 4.59. The maximum Gasteiger partial charge on any atom is 0.262 e. The predicted octanol–water partition coefficient (Wildman–Crippen LogP) is -0.114. The van der Waals surface area contributed by atoms with Gasteiger partial charge in [-0.3, -0.25) is 29.4 Å². The molecule has 4 amide bonds. The van der Waals surface area contributed by atoms with E-state index in [1.807, 2.05) is 6.07 Å². The lowest BCUT2D eigenvalue weighted by Gasteiger charge is -2.36. The van der Waals surface area contributed by atoms with Gasteiger partial charge in [-0.05, 0) is 31.5 Å². The van der Waals surface area contributed by atoms with Gasteiger partial charge in [0.15, 0.2) is 0 Å². The molecule has 8 nitrogen and oxygen atoms in total. The van der Waals surface area contributed by atoms with Crippen LogP contribution in [-0.4, -0.2) is 60.2 Å². The van der Waals surface area contributed by atoms with Gasteiger partial charge in [-0.15, -0.1) is 0 Å². The molecule has 0 aliphatic carbocycles. The Balaban J connectivity index is 1.64. The molecule has 3 heterocycles. The third kappa shape index (κ3) is 2.57. The van der Waals surface area contributed by atoms with Crippen LogP contribution >= 0.6 is 0 Å². The van der Waals surface area contributed by atoms with Crippen LogP contribution in [0.4, 0.5) is 5.69 Å². The minimum atomic E-state index is -0.929. The molecule has 8 heteroatoms. The van der Waals surface area contributed by atoms with Crippen molar-refractivity contribution < 1.29 is 19.2 Å². The van der Waals surface area contributed by atoms with Gasteiger partial charge in [0, 0.05) is 37.8 Å². The lowest BCUT2D eigenvalue weighted by Crippen LogP contribution is -2.54. The average Bonchev–Trinajstić information content (AvgIpc) is 2.86. The number of fused-ring (bicyclic) bond motifs is 1. The second-order valence-corrected chi connectivity index (χ2v) is 6.92. The van der Waals surface area contributed by atoms with E-state index in [0.29, 0.717) is 11.1 Å². The average molecular weight is 356 g/mol. The Kier molecular flexibility index (Phi) is 3.99. The standard InChI is InChI=1S/C18H20N4O4/c1-10-9-19-6-7-21(10)11-2-3-12-13(8-11)18(26)22(17(12)25)14-4-5-15(23)20-16(14)24/h2-3,8,10,14,19H,4-7,9H2,1H3,(H,20,23,24)/t10-,14?/m1/s1. The predicted molar refractivity (Wildman–Crippen MR) is 92.8 cm³/mol.